The number of aryl methyl sites for hydroxylation is 1. The number of nitrogens with one attached hydrogen (secondary N) is 2. The predicted molar refractivity (Wildman–Crippen MR) is 126 cm³/mol. The van der Waals surface area contributed by atoms with Crippen molar-refractivity contribution in [2.24, 2.45) is 0 Å². The molecule has 0 atom stereocenters. The molecule has 31 heavy (non-hydrogen) atoms. The van der Waals surface area contributed by atoms with Gasteiger partial charge in [-0.1, -0.05) is 52.7 Å². The Kier molecular flexibility index (Phi) is 8.65. The molecule has 0 aliphatic rings. The number of amides is 3. The van der Waals surface area contributed by atoms with Crippen LogP contribution in [0.4, 0.5) is 10.6 Å². The molecule has 2 aromatic rings. The monoisotopic (exact) mass is 427 g/mol. The number of aromatic nitrogens is 2. The Hall–Kier alpha value is -2.83. The Morgan fingerprint density at radius 1 is 1.13 bits per heavy atom. The Bertz CT molecular complexity index is 882. The zero-order chi connectivity index (χ0) is 23.0. The molecule has 7 heteroatoms. The van der Waals surface area contributed by atoms with Crippen LogP contribution in [0.3, 0.4) is 0 Å². The lowest BCUT2D eigenvalue weighted by atomic mass is 9.92. The van der Waals surface area contributed by atoms with Crippen molar-refractivity contribution in [3.63, 3.8) is 0 Å². The Balaban J connectivity index is 2.25. The van der Waals surface area contributed by atoms with E-state index in [1.165, 1.54) is 0 Å². The minimum atomic E-state index is -0.239. The molecular formula is C24H37N5O2. The number of unbranched alkanes of at least 4 members (excludes halogenated alkanes) is 2. The third-order valence-electron chi connectivity index (χ3n) is 4.97. The first-order chi connectivity index (χ1) is 14.7. The van der Waals surface area contributed by atoms with Gasteiger partial charge in [0.05, 0.1) is 11.4 Å². The maximum atomic E-state index is 12.9. The van der Waals surface area contributed by atoms with Crippen LogP contribution in [0.5, 0.6) is 0 Å². The van der Waals surface area contributed by atoms with Gasteiger partial charge < -0.3 is 15.5 Å². The Morgan fingerprint density at radius 2 is 1.87 bits per heavy atom. The Morgan fingerprint density at radius 3 is 2.48 bits per heavy atom. The van der Waals surface area contributed by atoms with Crippen molar-refractivity contribution in [2.75, 3.05) is 25.0 Å². The van der Waals surface area contributed by atoms with E-state index in [-0.39, 0.29) is 23.9 Å². The molecule has 0 saturated carbocycles. The largest absolute Gasteiger partial charge is 0.338 e. The lowest BCUT2D eigenvalue weighted by Gasteiger charge is -2.22. The number of nitrogens with zero attached hydrogens (tertiary/aromatic N) is 3. The molecule has 2 N–H and O–H groups in total. The average molecular weight is 428 g/mol. The molecule has 1 aromatic carbocycles. The summed E-state index contributed by atoms with van der Waals surface area (Å²) in [4.78, 5) is 26.9. The first kappa shape index (κ1) is 24.4. The molecule has 2 rings (SSSR count). The van der Waals surface area contributed by atoms with E-state index in [9.17, 15) is 9.59 Å². The van der Waals surface area contributed by atoms with Crippen LogP contribution in [0.15, 0.2) is 30.3 Å². The average Bonchev–Trinajstić information content (AvgIpc) is 3.11. The molecule has 1 heterocycles. The zero-order valence-electron chi connectivity index (χ0n) is 19.8. The van der Waals surface area contributed by atoms with E-state index in [0.29, 0.717) is 18.9 Å². The normalized spacial score (nSPS) is 11.3. The highest BCUT2D eigenvalue weighted by Gasteiger charge is 2.23. The second-order valence-corrected chi connectivity index (χ2v) is 8.93. The second-order valence-electron chi connectivity index (χ2n) is 8.93. The van der Waals surface area contributed by atoms with Gasteiger partial charge in [0.25, 0.3) is 0 Å². The number of benzene rings is 1. The third-order valence-corrected chi connectivity index (χ3v) is 4.97. The van der Waals surface area contributed by atoms with Crippen molar-refractivity contribution in [2.45, 2.75) is 66.2 Å². The standard InChI is InChI=1S/C24H37N5O2/c1-7-9-10-14-28(23(31)25-8-2)17-22(30)26-21-16-20(24(4,5)6)27-29(21)19-13-11-12-18(3)15-19/h11-13,15-16H,7-10,14,17H2,1-6H3,(H,25,31)(H,26,30). The first-order valence-electron chi connectivity index (χ1n) is 11.2. The molecule has 0 unspecified atom stereocenters. The van der Waals surface area contributed by atoms with Gasteiger partial charge in [0.15, 0.2) is 0 Å². The predicted octanol–water partition coefficient (Wildman–Crippen LogP) is 4.64. The van der Waals surface area contributed by atoms with E-state index in [4.69, 9.17) is 5.10 Å². The number of rotatable bonds is 9. The van der Waals surface area contributed by atoms with Crippen molar-refractivity contribution in [3.05, 3.63) is 41.6 Å². The molecule has 0 aliphatic carbocycles. The van der Waals surface area contributed by atoms with Crippen LogP contribution in [0.2, 0.25) is 0 Å². The highest BCUT2D eigenvalue weighted by Crippen LogP contribution is 2.26. The first-order valence-corrected chi connectivity index (χ1v) is 11.2. The summed E-state index contributed by atoms with van der Waals surface area (Å²) >= 11 is 0. The summed E-state index contributed by atoms with van der Waals surface area (Å²) in [5.41, 5.74) is 2.71. The molecule has 0 aliphatic heterocycles. The summed E-state index contributed by atoms with van der Waals surface area (Å²) in [5, 5.41) is 10.5. The molecular weight excluding hydrogens is 390 g/mol. The lowest BCUT2D eigenvalue weighted by Crippen LogP contribution is -2.44. The summed E-state index contributed by atoms with van der Waals surface area (Å²) in [6.45, 7) is 13.4. The van der Waals surface area contributed by atoms with E-state index in [0.717, 1.165) is 36.2 Å². The maximum absolute atomic E-state index is 12.9. The highest BCUT2D eigenvalue weighted by atomic mass is 16.2. The van der Waals surface area contributed by atoms with Gasteiger partial charge in [-0.15, -0.1) is 0 Å². The number of hydrogen-bond acceptors (Lipinski definition) is 3. The van der Waals surface area contributed by atoms with Crippen LogP contribution in [0.1, 0.15) is 65.1 Å². The molecule has 0 bridgehead atoms. The quantitative estimate of drug-likeness (QED) is 0.572. The van der Waals surface area contributed by atoms with E-state index in [2.05, 4.69) is 38.3 Å². The summed E-state index contributed by atoms with van der Waals surface area (Å²) in [5.74, 6) is 0.363. The third kappa shape index (κ3) is 7.12. The van der Waals surface area contributed by atoms with Gasteiger partial charge in [-0.25, -0.2) is 9.48 Å². The van der Waals surface area contributed by atoms with Gasteiger partial charge in [-0.2, -0.15) is 5.10 Å². The van der Waals surface area contributed by atoms with Crippen LogP contribution in [0.25, 0.3) is 5.69 Å². The van der Waals surface area contributed by atoms with Crippen molar-refractivity contribution in [3.8, 4) is 5.69 Å². The van der Waals surface area contributed by atoms with Crippen LogP contribution in [-0.2, 0) is 10.2 Å². The lowest BCUT2D eigenvalue weighted by molar-refractivity contribution is -0.116. The molecule has 0 radical (unpaired) electrons. The van der Waals surface area contributed by atoms with Gasteiger partial charge in [0, 0.05) is 24.6 Å². The molecule has 170 valence electrons. The SMILES string of the molecule is CCCCCN(CC(=O)Nc1cc(C(C)(C)C)nn1-c1cccc(C)c1)C(=O)NCC. The Labute approximate surface area is 186 Å². The molecule has 3 amide bonds. The van der Waals surface area contributed by atoms with Crippen molar-refractivity contribution in [1.29, 1.82) is 0 Å². The second kappa shape index (κ2) is 11.0. The number of anilines is 1. The fraction of sp³-hybridized carbons (Fsp3) is 0.542. The zero-order valence-corrected chi connectivity index (χ0v) is 19.8. The van der Waals surface area contributed by atoms with E-state index >= 15 is 0 Å². The van der Waals surface area contributed by atoms with Crippen molar-refractivity contribution >= 4 is 17.8 Å². The van der Waals surface area contributed by atoms with E-state index in [1.54, 1.807) is 9.58 Å². The summed E-state index contributed by atoms with van der Waals surface area (Å²) in [6, 6.07) is 9.69. The summed E-state index contributed by atoms with van der Waals surface area (Å²) in [7, 11) is 0. The fourth-order valence-electron chi connectivity index (χ4n) is 3.22. The molecule has 7 nitrogen and oxygen atoms in total. The number of hydrogen-bond donors (Lipinski definition) is 2. The van der Waals surface area contributed by atoms with Crippen molar-refractivity contribution < 1.29 is 9.59 Å². The van der Waals surface area contributed by atoms with Gasteiger partial charge >= 0.3 is 6.03 Å². The molecule has 0 fully saturated rings. The van der Waals surface area contributed by atoms with Gasteiger partial charge in [0.2, 0.25) is 5.91 Å². The minimum Gasteiger partial charge on any atom is -0.338 e. The number of urea groups is 1. The van der Waals surface area contributed by atoms with Crippen LogP contribution < -0.4 is 10.6 Å². The smallest absolute Gasteiger partial charge is 0.317 e. The maximum Gasteiger partial charge on any atom is 0.317 e. The minimum absolute atomic E-state index is 0.000599. The van der Waals surface area contributed by atoms with Crippen molar-refractivity contribution in [1.82, 2.24) is 20.0 Å². The van der Waals surface area contributed by atoms with E-state index in [1.807, 2.05) is 44.2 Å². The van der Waals surface area contributed by atoms with E-state index < -0.39 is 0 Å². The highest BCUT2D eigenvalue weighted by molar-refractivity contribution is 5.94. The molecule has 0 spiro atoms. The number of carbonyl (C=O) groups excluding carboxylic acids is 2. The molecule has 1 aromatic heterocycles. The topological polar surface area (TPSA) is 79.3 Å². The van der Waals surface area contributed by atoms with Gasteiger partial charge in [-0.05, 0) is 38.0 Å². The summed E-state index contributed by atoms with van der Waals surface area (Å²) in [6.07, 6.45) is 2.95. The summed E-state index contributed by atoms with van der Waals surface area (Å²) < 4.78 is 1.76. The molecule has 0 saturated heterocycles. The van der Waals surface area contributed by atoms with Crippen LogP contribution in [0, 0.1) is 6.92 Å². The van der Waals surface area contributed by atoms with Crippen LogP contribution >= 0.6 is 0 Å². The van der Waals surface area contributed by atoms with Gasteiger partial charge in [-0.3, -0.25) is 4.79 Å². The van der Waals surface area contributed by atoms with Gasteiger partial charge in [0.1, 0.15) is 12.4 Å². The van der Waals surface area contributed by atoms with Crippen LogP contribution in [-0.4, -0.2) is 46.3 Å². The fourth-order valence-corrected chi connectivity index (χ4v) is 3.22. The number of carbonyl (C=O) groups is 2.